The second-order valence-corrected chi connectivity index (χ2v) is 17.1. The van der Waals surface area contributed by atoms with Gasteiger partial charge in [-0.3, -0.25) is 4.79 Å². The summed E-state index contributed by atoms with van der Waals surface area (Å²) in [6.45, 7) is 5.80. The van der Waals surface area contributed by atoms with E-state index in [1.54, 1.807) is 12.0 Å². The lowest BCUT2D eigenvalue weighted by molar-refractivity contribution is -0.174. The Kier molecular flexibility index (Phi) is 9.07. The molecule has 3 N–H and O–H groups in total. The number of nitrogens with zero attached hydrogens (tertiary/aromatic N) is 1. The normalized spacial score (nSPS) is 35.1. The smallest absolute Gasteiger partial charge is 0.321 e. The van der Waals surface area contributed by atoms with Gasteiger partial charge in [0, 0.05) is 53.3 Å². The van der Waals surface area contributed by atoms with Gasteiger partial charge in [-0.15, -0.1) is 0 Å². The number of aliphatic hydroxyl groups is 2. The highest BCUT2D eigenvalue weighted by Gasteiger charge is 2.74. The molecule has 6 aliphatic rings. The fraction of sp³-hybridized carbons (Fsp3) is 0.478. The Balaban J connectivity index is 1.17. The second kappa shape index (κ2) is 13.4. The predicted octanol–water partition coefficient (Wildman–Crippen LogP) is 8.70. The van der Waals surface area contributed by atoms with Crippen molar-refractivity contribution < 1.29 is 24.5 Å². The third-order valence-corrected chi connectivity index (χ3v) is 14.8. The first kappa shape index (κ1) is 36.0. The maximum absolute atomic E-state index is 15.1. The van der Waals surface area contributed by atoms with E-state index in [0.717, 1.165) is 48.8 Å². The summed E-state index contributed by atoms with van der Waals surface area (Å²) in [6, 6.07) is 27.4. The molecule has 0 aromatic heterocycles. The maximum Gasteiger partial charge on any atom is 0.321 e. The minimum absolute atomic E-state index is 0.00576. The molecule has 278 valence electrons. The molecule has 0 aliphatic heterocycles. The molecule has 2 bridgehead atoms. The van der Waals surface area contributed by atoms with E-state index >= 15 is 4.79 Å². The highest BCUT2D eigenvalue weighted by Crippen LogP contribution is 2.78. The van der Waals surface area contributed by atoms with E-state index in [0.29, 0.717) is 43.7 Å². The first-order chi connectivity index (χ1) is 25.5. The molecule has 3 saturated carbocycles. The van der Waals surface area contributed by atoms with E-state index in [-0.39, 0.29) is 35.6 Å². The summed E-state index contributed by atoms with van der Waals surface area (Å²) in [4.78, 5) is 30.7. The van der Waals surface area contributed by atoms with Crippen LogP contribution in [-0.2, 0) is 4.74 Å². The van der Waals surface area contributed by atoms with Crippen LogP contribution in [0.5, 0.6) is 0 Å². The van der Waals surface area contributed by atoms with Crippen LogP contribution in [-0.4, -0.2) is 65.4 Å². The number of ketones is 1. The highest BCUT2D eigenvalue weighted by molar-refractivity contribution is 6.10. The molecule has 7 nitrogen and oxygen atoms in total. The van der Waals surface area contributed by atoms with Crippen LogP contribution in [0.1, 0.15) is 75.6 Å². The molecule has 3 fully saturated rings. The summed E-state index contributed by atoms with van der Waals surface area (Å²) in [7, 11) is 1.66. The molecule has 3 aromatic rings. The van der Waals surface area contributed by atoms with E-state index in [1.165, 1.54) is 0 Å². The molecule has 8 atom stereocenters. The van der Waals surface area contributed by atoms with Crippen LogP contribution in [0, 0.1) is 33.5 Å². The molecule has 1 unspecified atom stereocenters. The summed E-state index contributed by atoms with van der Waals surface area (Å²) in [5.74, 6) is 0.233. The SMILES string of the molecule is COCCCN(C[C@]1(O)CC[C@H]2[C@]34C=C[C@@]5(C=C3C(=O)c3ccc(-c6ccccc6)cc3)CC(O)CC[C@]5(C)[C@H]4CC[C@@]21C)C(=O)Nc1ccccc1. The van der Waals surface area contributed by atoms with Crippen molar-refractivity contribution >= 4 is 17.5 Å². The Morgan fingerprint density at radius 3 is 2.19 bits per heavy atom. The van der Waals surface area contributed by atoms with Crippen molar-refractivity contribution in [3.8, 4) is 11.1 Å². The minimum Gasteiger partial charge on any atom is -0.393 e. The fourth-order valence-electron chi connectivity index (χ4n) is 11.9. The zero-order chi connectivity index (χ0) is 37.1. The number of anilines is 1. The van der Waals surface area contributed by atoms with Gasteiger partial charge in [-0.05, 0) is 91.9 Å². The topological polar surface area (TPSA) is 99.1 Å². The summed E-state index contributed by atoms with van der Waals surface area (Å²) < 4.78 is 5.36. The number of hydrogen-bond acceptors (Lipinski definition) is 5. The molecule has 2 spiro atoms. The summed E-state index contributed by atoms with van der Waals surface area (Å²) in [6.07, 6.45) is 12.5. The summed E-state index contributed by atoms with van der Waals surface area (Å²) in [5, 5.41) is 27.1. The molecule has 7 heteroatoms. The lowest BCUT2D eigenvalue weighted by Crippen LogP contribution is -2.67. The summed E-state index contributed by atoms with van der Waals surface area (Å²) >= 11 is 0. The number of rotatable bonds is 10. The van der Waals surface area contributed by atoms with E-state index in [9.17, 15) is 15.0 Å². The number of urea groups is 1. The third kappa shape index (κ3) is 5.56. The zero-order valence-electron chi connectivity index (χ0n) is 31.4. The Bertz CT molecular complexity index is 1910. The summed E-state index contributed by atoms with van der Waals surface area (Å²) in [5.41, 5.74) is 1.59. The average molecular weight is 715 g/mol. The van der Waals surface area contributed by atoms with Crippen molar-refractivity contribution in [3.05, 3.63) is 114 Å². The van der Waals surface area contributed by atoms with Gasteiger partial charge >= 0.3 is 6.03 Å². The number of nitrogens with one attached hydrogen (secondary N) is 1. The Morgan fingerprint density at radius 1 is 0.830 bits per heavy atom. The molecular formula is C46H54N2O5. The molecule has 6 aliphatic carbocycles. The van der Waals surface area contributed by atoms with Crippen LogP contribution in [0.4, 0.5) is 10.5 Å². The molecule has 0 radical (unpaired) electrons. The Hall–Kier alpha value is -4.04. The number of ether oxygens (including phenoxy) is 1. The number of carbonyl (C=O) groups excluding carboxylic acids is 2. The van der Waals surface area contributed by atoms with Gasteiger partial charge in [-0.1, -0.05) is 105 Å². The van der Waals surface area contributed by atoms with E-state index in [4.69, 9.17) is 4.74 Å². The number of allylic oxidation sites excluding steroid dienone is 4. The van der Waals surface area contributed by atoms with Crippen LogP contribution < -0.4 is 5.32 Å². The van der Waals surface area contributed by atoms with Crippen molar-refractivity contribution in [2.75, 3.05) is 32.1 Å². The van der Waals surface area contributed by atoms with Gasteiger partial charge in [-0.25, -0.2) is 4.79 Å². The first-order valence-electron chi connectivity index (χ1n) is 19.6. The monoisotopic (exact) mass is 714 g/mol. The molecule has 3 aromatic carbocycles. The van der Waals surface area contributed by atoms with Crippen LogP contribution >= 0.6 is 0 Å². The largest absolute Gasteiger partial charge is 0.393 e. The number of benzene rings is 3. The standard InChI is InChI=1S/C46H54N2O5/c1-42-22-19-36(49)29-44(42)25-26-46(37(30-44)40(50)34-17-15-33(16-18-34)32-11-6-4-7-12-32)38(42)20-23-43(2)39(46)21-24-45(43,52)31-48(27-10-28-53-3)41(51)47-35-13-8-5-9-14-35/h4-9,11-18,25-26,30,36,38-39,49,52H,10,19-24,27-29,31H2,1-3H3,(H,47,51)/t36?,38-,39-,42-,43+,44+,45-,46-/m1/s1. The fourth-order valence-corrected chi connectivity index (χ4v) is 11.9. The Morgan fingerprint density at radius 2 is 1.47 bits per heavy atom. The minimum atomic E-state index is -1.16. The number of methoxy groups -OCH3 is 1. The highest BCUT2D eigenvalue weighted by atomic mass is 16.5. The number of para-hydroxylation sites is 1. The number of Topliss-reactive ketones (excluding diaryl/α,β-unsaturated/α-hetero) is 1. The van der Waals surface area contributed by atoms with Crippen LogP contribution in [0.2, 0.25) is 0 Å². The number of amides is 2. The molecular weight excluding hydrogens is 661 g/mol. The van der Waals surface area contributed by atoms with Crippen molar-refractivity contribution in [2.45, 2.75) is 76.9 Å². The quantitative estimate of drug-likeness (QED) is 0.111. The Labute approximate surface area is 314 Å². The van der Waals surface area contributed by atoms with Crippen LogP contribution in [0.15, 0.2) is 109 Å². The third-order valence-electron chi connectivity index (χ3n) is 14.8. The van der Waals surface area contributed by atoms with Gasteiger partial charge < -0.3 is 25.2 Å². The van der Waals surface area contributed by atoms with Crippen molar-refractivity contribution in [2.24, 2.45) is 33.5 Å². The van der Waals surface area contributed by atoms with Crippen molar-refractivity contribution in [1.82, 2.24) is 4.90 Å². The molecule has 0 saturated heterocycles. The van der Waals surface area contributed by atoms with Gasteiger partial charge in [0.15, 0.2) is 5.78 Å². The second-order valence-electron chi connectivity index (χ2n) is 17.1. The molecule has 2 amide bonds. The van der Waals surface area contributed by atoms with Gasteiger partial charge in [0.2, 0.25) is 0 Å². The van der Waals surface area contributed by atoms with Gasteiger partial charge in [0.05, 0.1) is 18.2 Å². The zero-order valence-corrected chi connectivity index (χ0v) is 31.4. The molecule has 0 heterocycles. The van der Waals surface area contributed by atoms with Gasteiger partial charge in [0.1, 0.15) is 0 Å². The van der Waals surface area contributed by atoms with Gasteiger partial charge in [0.25, 0.3) is 0 Å². The van der Waals surface area contributed by atoms with E-state index < -0.39 is 27.9 Å². The van der Waals surface area contributed by atoms with Gasteiger partial charge in [-0.2, -0.15) is 0 Å². The van der Waals surface area contributed by atoms with Crippen molar-refractivity contribution in [1.29, 1.82) is 0 Å². The lowest BCUT2D eigenvalue weighted by Gasteiger charge is -2.71. The van der Waals surface area contributed by atoms with Crippen molar-refractivity contribution in [3.63, 3.8) is 0 Å². The van der Waals surface area contributed by atoms with E-state index in [1.807, 2.05) is 72.8 Å². The first-order valence-corrected chi connectivity index (χ1v) is 19.6. The number of carbonyl (C=O) groups is 2. The van der Waals surface area contributed by atoms with Crippen LogP contribution in [0.3, 0.4) is 0 Å². The average Bonchev–Trinajstić information content (AvgIpc) is 3.44. The molecule has 9 rings (SSSR count). The van der Waals surface area contributed by atoms with E-state index in [2.05, 4.69) is 49.5 Å². The maximum atomic E-state index is 15.1. The number of fused-ring (bicyclic) bond motifs is 1. The predicted molar refractivity (Wildman–Crippen MR) is 208 cm³/mol. The lowest BCUT2D eigenvalue weighted by atomic mass is 9.32. The molecule has 53 heavy (non-hydrogen) atoms. The number of aliphatic hydroxyl groups excluding tert-OH is 1. The van der Waals surface area contributed by atoms with Crippen LogP contribution in [0.25, 0.3) is 11.1 Å². The number of hydrogen-bond donors (Lipinski definition) is 3.